The van der Waals surface area contributed by atoms with Crippen LogP contribution in [-0.2, 0) is 10.0 Å². The molecule has 0 heterocycles. The van der Waals surface area contributed by atoms with Gasteiger partial charge in [0.25, 0.3) is 0 Å². The zero-order chi connectivity index (χ0) is 33.0. The molecule has 0 aliphatic rings. The number of hydrogen-bond donors (Lipinski definition) is 2. The van der Waals surface area contributed by atoms with Gasteiger partial charge in [-0.15, -0.1) is 0 Å². The monoisotopic (exact) mass is 673 g/mol. The molecule has 0 bridgehead atoms. The number of nitrogens with one attached hydrogen (secondary N) is 1. The quantitative estimate of drug-likeness (QED) is 0.0492. The SMILES string of the molecule is CCCCCCCCCCCCCCCCCCNS(=O)(=O)c1ccc(N=Nc2ccc(OCCCCCCCCS)cc2)cc1. The zero-order valence-electron chi connectivity index (χ0n) is 28.8. The number of hydrogen-bond acceptors (Lipinski definition) is 6. The Bertz CT molecular complexity index is 1120. The van der Waals surface area contributed by atoms with Crippen LogP contribution in [0.5, 0.6) is 5.75 Å². The molecule has 0 atom stereocenters. The number of nitrogens with zero attached hydrogens (tertiary/aromatic N) is 2. The second-order valence-electron chi connectivity index (χ2n) is 12.6. The van der Waals surface area contributed by atoms with Gasteiger partial charge in [0, 0.05) is 6.54 Å². The number of rotatable bonds is 30. The van der Waals surface area contributed by atoms with Gasteiger partial charge in [-0.25, -0.2) is 13.1 Å². The molecular formula is C38H63N3O3S2. The molecule has 1 N–H and O–H groups in total. The minimum atomic E-state index is -3.53. The number of sulfonamides is 1. The minimum Gasteiger partial charge on any atom is -0.494 e. The van der Waals surface area contributed by atoms with Crippen molar-refractivity contribution in [2.45, 2.75) is 153 Å². The van der Waals surface area contributed by atoms with Gasteiger partial charge < -0.3 is 4.74 Å². The molecule has 0 radical (unpaired) electrons. The maximum Gasteiger partial charge on any atom is 0.240 e. The van der Waals surface area contributed by atoms with E-state index in [9.17, 15) is 8.42 Å². The number of azo groups is 1. The van der Waals surface area contributed by atoms with Crippen LogP contribution in [0.4, 0.5) is 11.4 Å². The lowest BCUT2D eigenvalue weighted by atomic mass is 10.0. The van der Waals surface area contributed by atoms with Gasteiger partial charge in [-0.1, -0.05) is 129 Å². The molecule has 0 spiro atoms. The molecule has 46 heavy (non-hydrogen) atoms. The minimum absolute atomic E-state index is 0.252. The van der Waals surface area contributed by atoms with E-state index in [1.54, 1.807) is 24.3 Å². The molecule has 0 aliphatic heterocycles. The number of unbranched alkanes of at least 4 members (excludes halogenated alkanes) is 20. The van der Waals surface area contributed by atoms with Crippen LogP contribution >= 0.6 is 12.6 Å². The third kappa shape index (κ3) is 20.4. The predicted octanol–water partition coefficient (Wildman–Crippen LogP) is 12.3. The number of benzene rings is 2. The van der Waals surface area contributed by atoms with Gasteiger partial charge in [0.2, 0.25) is 10.0 Å². The van der Waals surface area contributed by atoms with Crippen LogP contribution < -0.4 is 9.46 Å². The van der Waals surface area contributed by atoms with E-state index in [0.717, 1.165) is 37.4 Å². The van der Waals surface area contributed by atoms with Gasteiger partial charge in [0.05, 0.1) is 22.9 Å². The van der Waals surface area contributed by atoms with Crippen molar-refractivity contribution < 1.29 is 13.2 Å². The Morgan fingerprint density at radius 2 is 0.978 bits per heavy atom. The Kier molecular flexibility index (Phi) is 23.7. The van der Waals surface area contributed by atoms with E-state index in [2.05, 4.69) is 34.5 Å². The molecule has 2 aromatic carbocycles. The van der Waals surface area contributed by atoms with E-state index in [1.165, 1.54) is 122 Å². The summed E-state index contributed by atoms with van der Waals surface area (Å²) in [5, 5.41) is 8.54. The summed E-state index contributed by atoms with van der Waals surface area (Å²) in [6.45, 7) is 3.46. The lowest BCUT2D eigenvalue weighted by Crippen LogP contribution is -2.24. The first-order valence-electron chi connectivity index (χ1n) is 18.4. The molecule has 2 rings (SSSR count). The smallest absolute Gasteiger partial charge is 0.240 e. The fraction of sp³-hybridized carbons (Fsp3) is 0.684. The van der Waals surface area contributed by atoms with Crippen LogP contribution in [0, 0.1) is 0 Å². The van der Waals surface area contributed by atoms with Gasteiger partial charge in [0.1, 0.15) is 5.75 Å². The fourth-order valence-electron chi connectivity index (χ4n) is 5.49. The second kappa shape index (κ2) is 27.1. The maximum absolute atomic E-state index is 12.7. The lowest BCUT2D eigenvalue weighted by molar-refractivity contribution is 0.304. The molecule has 0 saturated heterocycles. The Morgan fingerprint density at radius 1 is 0.565 bits per heavy atom. The molecule has 0 aliphatic carbocycles. The van der Waals surface area contributed by atoms with Crippen LogP contribution in [0.25, 0.3) is 0 Å². The summed E-state index contributed by atoms with van der Waals surface area (Å²) < 4.78 is 34.0. The van der Waals surface area contributed by atoms with Crippen LogP contribution in [0.15, 0.2) is 63.7 Å². The lowest BCUT2D eigenvalue weighted by Gasteiger charge is -2.07. The highest BCUT2D eigenvalue weighted by molar-refractivity contribution is 7.89. The predicted molar refractivity (Wildman–Crippen MR) is 199 cm³/mol. The summed E-state index contributed by atoms with van der Waals surface area (Å²) in [6, 6.07) is 14.1. The van der Waals surface area contributed by atoms with E-state index in [1.807, 2.05) is 24.3 Å². The van der Waals surface area contributed by atoms with Crippen molar-refractivity contribution in [3.8, 4) is 5.75 Å². The van der Waals surface area contributed by atoms with E-state index < -0.39 is 10.0 Å². The zero-order valence-corrected chi connectivity index (χ0v) is 30.5. The first-order valence-corrected chi connectivity index (χ1v) is 20.5. The molecular weight excluding hydrogens is 611 g/mol. The topological polar surface area (TPSA) is 80.1 Å². The maximum atomic E-state index is 12.7. The summed E-state index contributed by atoms with van der Waals surface area (Å²) in [6.07, 6.45) is 28.1. The molecule has 0 amide bonds. The third-order valence-corrected chi connectivity index (χ3v) is 10.2. The summed E-state index contributed by atoms with van der Waals surface area (Å²) in [7, 11) is -3.53. The van der Waals surface area contributed by atoms with Crippen molar-refractivity contribution in [3.05, 3.63) is 48.5 Å². The average Bonchev–Trinajstić information content (AvgIpc) is 3.07. The van der Waals surface area contributed by atoms with Crippen molar-refractivity contribution in [1.29, 1.82) is 0 Å². The molecule has 0 unspecified atom stereocenters. The summed E-state index contributed by atoms with van der Waals surface area (Å²) >= 11 is 4.25. The van der Waals surface area contributed by atoms with E-state index in [0.29, 0.717) is 17.9 Å². The second-order valence-corrected chi connectivity index (χ2v) is 14.8. The van der Waals surface area contributed by atoms with Crippen molar-refractivity contribution >= 4 is 34.0 Å². The van der Waals surface area contributed by atoms with Crippen molar-refractivity contribution in [2.24, 2.45) is 10.2 Å². The number of thiol groups is 1. The Hall–Kier alpha value is -1.90. The van der Waals surface area contributed by atoms with Gasteiger partial charge in [-0.05, 0) is 73.5 Å². The third-order valence-electron chi connectivity index (χ3n) is 8.41. The Morgan fingerprint density at radius 3 is 1.46 bits per heavy atom. The van der Waals surface area contributed by atoms with Gasteiger partial charge >= 0.3 is 0 Å². The van der Waals surface area contributed by atoms with Crippen LogP contribution in [0.1, 0.15) is 148 Å². The number of ether oxygens (including phenoxy) is 1. The van der Waals surface area contributed by atoms with Crippen molar-refractivity contribution in [3.63, 3.8) is 0 Å². The average molecular weight is 674 g/mol. The summed E-state index contributed by atoms with van der Waals surface area (Å²) in [4.78, 5) is 0.252. The Balaban J connectivity index is 1.52. The van der Waals surface area contributed by atoms with Crippen LogP contribution in [0.3, 0.4) is 0 Å². The Labute approximate surface area is 287 Å². The molecule has 0 aromatic heterocycles. The summed E-state index contributed by atoms with van der Waals surface area (Å²) in [5.74, 6) is 1.81. The first kappa shape index (κ1) is 40.3. The largest absolute Gasteiger partial charge is 0.494 e. The molecule has 8 heteroatoms. The fourth-order valence-corrected chi connectivity index (χ4v) is 6.79. The van der Waals surface area contributed by atoms with E-state index in [-0.39, 0.29) is 4.90 Å². The highest BCUT2D eigenvalue weighted by Gasteiger charge is 2.13. The van der Waals surface area contributed by atoms with E-state index in [4.69, 9.17) is 4.74 Å². The van der Waals surface area contributed by atoms with Gasteiger partial charge in [0.15, 0.2) is 0 Å². The van der Waals surface area contributed by atoms with Crippen LogP contribution in [-0.4, -0.2) is 27.3 Å². The van der Waals surface area contributed by atoms with Crippen molar-refractivity contribution in [1.82, 2.24) is 4.72 Å². The van der Waals surface area contributed by atoms with Crippen LogP contribution in [0.2, 0.25) is 0 Å². The molecule has 2 aromatic rings. The standard InChI is InChI=1S/C38H63N3O3S2/c1-2-3-4-5-6-7-8-9-10-11-12-13-14-15-18-21-32-39-46(42,43)38-30-26-36(27-31-38)41-40-35-24-28-37(29-25-35)44-33-22-19-16-17-20-23-34-45/h24-31,39,45H,2-23,32-34H2,1H3. The normalized spacial score (nSPS) is 11.9. The molecule has 0 fully saturated rings. The molecule has 0 saturated carbocycles. The highest BCUT2D eigenvalue weighted by Crippen LogP contribution is 2.23. The first-order chi connectivity index (χ1) is 22.5. The highest BCUT2D eigenvalue weighted by atomic mass is 32.2. The van der Waals surface area contributed by atoms with Crippen molar-refractivity contribution in [2.75, 3.05) is 18.9 Å². The summed E-state index contributed by atoms with van der Waals surface area (Å²) in [5.41, 5.74) is 1.32. The molecule has 260 valence electrons. The van der Waals surface area contributed by atoms with Gasteiger partial charge in [-0.3, -0.25) is 0 Å². The van der Waals surface area contributed by atoms with Gasteiger partial charge in [-0.2, -0.15) is 22.9 Å². The molecule has 6 nitrogen and oxygen atoms in total. The van der Waals surface area contributed by atoms with E-state index >= 15 is 0 Å².